The molecule has 4 aromatic rings. The van der Waals surface area contributed by atoms with Crippen LogP contribution in [0.4, 0.5) is 0 Å². The Bertz CT molecular complexity index is 1900. The van der Waals surface area contributed by atoms with E-state index < -0.39 is 23.3 Å². The lowest BCUT2D eigenvalue weighted by Crippen LogP contribution is -2.29. The molecule has 0 aliphatic carbocycles. The maximum atomic E-state index is 12.8. The van der Waals surface area contributed by atoms with E-state index in [1.54, 1.807) is 66.7 Å². The molecule has 0 saturated carbocycles. The molecule has 0 unspecified atom stereocenters. The molecule has 320 valence electrons. The van der Waals surface area contributed by atoms with Crippen LogP contribution in [-0.4, -0.2) is 48.1 Å². The average Bonchev–Trinajstić information content (AvgIpc) is 3.27. The Morgan fingerprint density at radius 3 is 1.52 bits per heavy atom. The van der Waals surface area contributed by atoms with E-state index in [0.717, 1.165) is 19.3 Å². The van der Waals surface area contributed by atoms with Gasteiger partial charge >= 0.3 is 17.9 Å². The van der Waals surface area contributed by atoms with E-state index in [0.29, 0.717) is 28.9 Å². The predicted octanol–water partition coefficient (Wildman–Crippen LogP) is 11.7. The fraction of sp³-hybridized carbons (Fsp3) is 0.420. The Balaban J connectivity index is 1.06. The molecule has 0 aromatic heterocycles. The highest BCUT2D eigenvalue weighted by Gasteiger charge is 2.20. The van der Waals surface area contributed by atoms with Crippen LogP contribution in [0.1, 0.15) is 157 Å². The van der Waals surface area contributed by atoms with Crippen LogP contribution < -0.4 is 14.8 Å². The molecule has 9 nitrogen and oxygen atoms in total. The molecule has 0 aliphatic rings. The zero-order valence-corrected chi connectivity index (χ0v) is 35.7. The Hall–Kier alpha value is -5.28. The zero-order valence-electron chi connectivity index (χ0n) is 35.0. The number of alkyl halides is 1. The van der Waals surface area contributed by atoms with Crippen LogP contribution in [0.25, 0.3) is 0 Å². The number of carbonyl (C=O) groups excluding carboxylic acids is 5. The van der Waals surface area contributed by atoms with Gasteiger partial charge in [0.05, 0.1) is 24.3 Å². The number of unbranched alkanes of at least 4 members (excludes halogenated alkanes) is 15. The molecule has 0 radical (unpaired) electrons. The molecular formula is C50H60ClNO8. The summed E-state index contributed by atoms with van der Waals surface area (Å²) < 4.78 is 16.3. The molecule has 0 saturated heterocycles. The number of ether oxygens (including phenoxy) is 3. The lowest BCUT2D eigenvalue weighted by Gasteiger charge is -2.11. The van der Waals surface area contributed by atoms with E-state index in [4.69, 9.17) is 25.8 Å². The number of benzene rings is 4. The molecule has 4 rings (SSSR count). The van der Waals surface area contributed by atoms with Gasteiger partial charge in [-0.05, 0) is 79.1 Å². The lowest BCUT2D eigenvalue weighted by atomic mass is 10.0. The molecule has 0 bridgehead atoms. The largest absolute Gasteiger partial charge is 0.462 e. The quantitative estimate of drug-likeness (QED) is 0.0197. The van der Waals surface area contributed by atoms with Crippen molar-refractivity contribution in [3.63, 3.8) is 0 Å². The van der Waals surface area contributed by atoms with Gasteiger partial charge in [-0.15, -0.1) is 11.6 Å². The van der Waals surface area contributed by atoms with Gasteiger partial charge in [0, 0.05) is 11.1 Å². The monoisotopic (exact) mass is 837 g/mol. The minimum Gasteiger partial charge on any atom is -0.462 e. The summed E-state index contributed by atoms with van der Waals surface area (Å²) in [5.41, 5.74) is 2.20. The normalized spacial score (nSPS) is 11.4. The van der Waals surface area contributed by atoms with Crippen LogP contribution in [-0.2, 0) is 16.0 Å². The van der Waals surface area contributed by atoms with Gasteiger partial charge in [0.15, 0.2) is 5.78 Å². The molecule has 0 aliphatic heterocycles. The second kappa shape index (κ2) is 27.5. The average molecular weight is 838 g/mol. The molecule has 10 heteroatoms. The number of nitrogens with one attached hydrogen (secondary N) is 1. The van der Waals surface area contributed by atoms with Gasteiger partial charge in [-0.3, -0.25) is 14.4 Å². The van der Waals surface area contributed by atoms with Crippen molar-refractivity contribution in [2.45, 2.75) is 121 Å². The first-order valence-electron chi connectivity index (χ1n) is 21.6. The molecule has 1 atom stereocenters. The Morgan fingerprint density at radius 2 is 0.983 bits per heavy atom. The highest BCUT2D eigenvalue weighted by molar-refractivity contribution is 6.30. The summed E-state index contributed by atoms with van der Waals surface area (Å²) in [6, 6.07) is 27.3. The third-order valence-electron chi connectivity index (χ3n) is 10.2. The summed E-state index contributed by atoms with van der Waals surface area (Å²) in [6.07, 6.45) is 20.7. The van der Waals surface area contributed by atoms with E-state index in [-0.39, 0.29) is 41.7 Å². The van der Waals surface area contributed by atoms with Gasteiger partial charge in [-0.25, -0.2) is 9.59 Å². The standard InChI is InChI=1S/C50H60ClNO8/c1-2-3-4-5-6-7-8-9-10-11-12-13-14-15-16-20-35-58-48(55)41-27-31-43(32-28-41)59-49(56)42-29-33-44(34-30-42)60-50(57)45(51)36-38-23-25-39(26-24-38)46(53)37-52-47(54)40-21-18-17-19-22-40/h17-19,21-34,45H,2-16,20,35-37H2,1H3,(H,52,54)/t45-/m0/s1. The Labute approximate surface area is 360 Å². The number of rotatable bonds is 28. The van der Waals surface area contributed by atoms with Crippen molar-refractivity contribution in [3.05, 3.63) is 131 Å². The summed E-state index contributed by atoms with van der Waals surface area (Å²) in [7, 11) is 0. The number of Topliss-reactive ketones (excluding diaryl/α,β-unsaturated/α-hetero) is 1. The summed E-state index contributed by atoms with van der Waals surface area (Å²) in [5.74, 6) is -1.85. The Morgan fingerprint density at radius 1 is 0.517 bits per heavy atom. The highest BCUT2D eigenvalue weighted by atomic mass is 35.5. The van der Waals surface area contributed by atoms with Crippen molar-refractivity contribution in [2.24, 2.45) is 0 Å². The molecule has 1 amide bonds. The molecule has 4 aromatic carbocycles. The van der Waals surface area contributed by atoms with E-state index in [9.17, 15) is 24.0 Å². The van der Waals surface area contributed by atoms with Gasteiger partial charge in [0.2, 0.25) is 0 Å². The molecule has 1 N–H and O–H groups in total. The highest BCUT2D eigenvalue weighted by Crippen LogP contribution is 2.20. The van der Waals surface area contributed by atoms with Gasteiger partial charge in [-0.1, -0.05) is 146 Å². The lowest BCUT2D eigenvalue weighted by molar-refractivity contribution is -0.134. The minimum absolute atomic E-state index is 0.153. The number of ketones is 1. The van der Waals surface area contributed by atoms with E-state index in [1.165, 1.54) is 120 Å². The second-order valence-electron chi connectivity index (χ2n) is 15.1. The van der Waals surface area contributed by atoms with Crippen LogP contribution in [0.2, 0.25) is 0 Å². The third-order valence-corrected chi connectivity index (χ3v) is 10.6. The summed E-state index contributed by atoms with van der Waals surface area (Å²) >= 11 is 6.36. The van der Waals surface area contributed by atoms with E-state index in [1.807, 2.05) is 0 Å². The van der Waals surface area contributed by atoms with Crippen molar-refractivity contribution in [2.75, 3.05) is 13.2 Å². The summed E-state index contributed by atoms with van der Waals surface area (Å²) in [6.45, 7) is 2.49. The van der Waals surface area contributed by atoms with Gasteiger partial charge in [-0.2, -0.15) is 0 Å². The molecular weight excluding hydrogens is 778 g/mol. The maximum Gasteiger partial charge on any atom is 0.343 e. The predicted molar refractivity (Wildman–Crippen MR) is 236 cm³/mol. The fourth-order valence-electron chi connectivity index (χ4n) is 6.63. The smallest absolute Gasteiger partial charge is 0.343 e. The third kappa shape index (κ3) is 17.9. The number of carbonyl (C=O) groups is 5. The molecule has 0 fully saturated rings. The number of halogens is 1. The first kappa shape index (κ1) is 47.4. The Kier molecular flexibility index (Phi) is 21.7. The van der Waals surface area contributed by atoms with Crippen LogP contribution in [0, 0.1) is 0 Å². The molecule has 0 spiro atoms. The van der Waals surface area contributed by atoms with Crippen LogP contribution in [0.15, 0.2) is 103 Å². The van der Waals surface area contributed by atoms with Crippen LogP contribution in [0.3, 0.4) is 0 Å². The van der Waals surface area contributed by atoms with Gasteiger partial charge in [0.1, 0.15) is 16.9 Å². The molecule has 0 heterocycles. The summed E-state index contributed by atoms with van der Waals surface area (Å²) in [4.78, 5) is 62.8. The number of amides is 1. The van der Waals surface area contributed by atoms with Gasteiger partial charge < -0.3 is 19.5 Å². The van der Waals surface area contributed by atoms with E-state index in [2.05, 4.69) is 12.2 Å². The van der Waals surface area contributed by atoms with Crippen molar-refractivity contribution in [1.82, 2.24) is 5.32 Å². The van der Waals surface area contributed by atoms with Gasteiger partial charge in [0.25, 0.3) is 5.91 Å². The van der Waals surface area contributed by atoms with Crippen molar-refractivity contribution < 1.29 is 38.2 Å². The maximum absolute atomic E-state index is 12.8. The topological polar surface area (TPSA) is 125 Å². The first-order valence-corrected chi connectivity index (χ1v) is 22.1. The SMILES string of the molecule is CCCCCCCCCCCCCCCCCCOC(=O)c1ccc(OC(=O)c2ccc(OC(=O)[C@@H](Cl)Cc3ccc(C(=O)CNC(=O)c4ccccc4)cc3)cc2)cc1. The van der Waals surface area contributed by atoms with Crippen LogP contribution in [0.5, 0.6) is 11.5 Å². The number of hydrogen-bond donors (Lipinski definition) is 1. The molecule has 60 heavy (non-hydrogen) atoms. The number of hydrogen-bond acceptors (Lipinski definition) is 8. The van der Waals surface area contributed by atoms with Crippen LogP contribution >= 0.6 is 11.6 Å². The zero-order chi connectivity index (χ0) is 42.8. The fourth-order valence-corrected chi connectivity index (χ4v) is 6.86. The summed E-state index contributed by atoms with van der Waals surface area (Å²) in [5, 5.41) is 1.60. The van der Waals surface area contributed by atoms with Crippen molar-refractivity contribution >= 4 is 41.2 Å². The van der Waals surface area contributed by atoms with Crippen molar-refractivity contribution in [1.29, 1.82) is 0 Å². The van der Waals surface area contributed by atoms with E-state index >= 15 is 0 Å². The first-order chi connectivity index (χ1) is 29.2. The van der Waals surface area contributed by atoms with Crippen molar-refractivity contribution in [3.8, 4) is 11.5 Å². The number of esters is 3. The minimum atomic E-state index is -1.01. The second-order valence-corrected chi connectivity index (χ2v) is 15.7.